The van der Waals surface area contributed by atoms with Crippen LogP contribution in [0.2, 0.25) is 0 Å². The van der Waals surface area contributed by atoms with Gasteiger partial charge in [0.15, 0.2) is 0 Å². The number of hydroxylamine groups is 2. The van der Waals surface area contributed by atoms with Gasteiger partial charge in [0.25, 0.3) is 0 Å². The van der Waals surface area contributed by atoms with Gasteiger partial charge in [-0.2, -0.15) is 13.5 Å². The number of urea groups is 1. The Bertz CT molecular complexity index is 618. The first-order valence-corrected chi connectivity index (χ1v) is 9.44. The van der Waals surface area contributed by atoms with Gasteiger partial charge < -0.3 is 16.0 Å². The molecule has 11 heteroatoms. The van der Waals surface area contributed by atoms with Crippen molar-refractivity contribution >= 4 is 22.3 Å². The predicted octanol–water partition coefficient (Wildman–Crippen LogP) is -0.624. The van der Waals surface area contributed by atoms with Gasteiger partial charge in [0.1, 0.15) is 6.04 Å². The lowest BCUT2D eigenvalue weighted by atomic mass is 9.91. The third-order valence-corrected chi connectivity index (χ3v) is 5.27. The summed E-state index contributed by atoms with van der Waals surface area (Å²) in [6, 6.07) is -1.63. The van der Waals surface area contributed by atoms with Gasteiger partial charge in [0.05, 0.1) is 6.04 Å². The minimum Gasteiger partial charge on any atom is -0.352 e. The second-order valence-electron chi connectivity index (χ2n) is 6.63. The number of hydrogen-bond acceptors (Lipinski definition) is 6. The van der Waals surface area contributed by atoms with Gasteiger partial charge in [-0.3, -0.25) is 9.35 Å². The lowest BCUT2D eigenvalue weighted by molar-refractivity contribution is -0.127. The van der Waals surface area contributed by atoms with E-state index in [1.165, 1.54) is 4.90 Å². The summed E-state index contributed by atoms with van der Waals surface area (Å²) in [7, 11) is -4.78. The van der Waals surface area contributed by atoms with Crippen molar-refractivity contribution in [3.8, 4) is 0 Å². The summed E-state index contributed by atoms with van der Waals surface area (Å²) in [6.07, 6.45) is 4.18. The van der Waals surface area contributed by atoms with Gasteiger partial charge in [-0.05, 0) is 38.5 Å². The summed E-state index contributed by atoms with van der Waals surface area (Å²) in [5.74, 6) is -0.240. The van der Waals surface area contributed by atoms with Crippen molar-refractivity contribution in [1.29, 1.82) is 0 Å². The monoisotopic (exact) mass is 362 g/mol. The van der Waals surface area contributed by atoms with Crippen LogP contribution in [0.15, 0.2) is 0 Å². The molecule has 2 aliphatic heterocycles. The molecule has 10 nitrogen and oxygen atoms in total. The van der Waals surface area contributed by atoms with Crippen LogP contribution < -0.4 is 11.1 Å². The Morgan fingerprint density at radius 1 is 1.21 bits per heavy atom. The Labute approximate surface area is 140 Å². The summed E-state index contributed by atoms with van der Waals surface area (Å²) in [5, 5.41) is 3.60. The molecule has 136 valence electrons. The summed E-state index contributed by atoms with van der Waals surface area (Å²) in [6.45, 7) is 0.196. The maximum absolute atomic E-state index is 12.5. The Morgan fingerprint density at radius 2 is 1.88 bits per heavy atom. The third kappa shape index (κ3) is 3.63. The number of rotatable bonds is 4. The van der Waals surface area contributed by atoms with Crippen LogP contribution in [0.1, 0.15) is 38.5 Å². The molecule has 0 aromatic heterocycles. The highest BCUT2D eigenvalue weighted by Crippen LogP contribution is 2.31. The Kier molecular flexibility index (Phi) is 4.69. The van der Waals surface area contributed by atoms with E-state index < -0.39 is 28.5 Å². The highest BCUT2D eigenvalue weighted by atomic mass is 32.3. The second kappa shape index (κ2) is 6.47. The second-order valence-corrected chi connectivity index (χ2v) is 7.63. The first-order chi connectivity index (χ1) is 11.2. The molecule has 3 aliphatic rings. The molecule has 0 aromatic carbocycles. The fourth-order valence-corrected chi connectivity index (χ4v) is 4.05. The summed E-state index contributed by atoms with van der Waals surface area (Å²) >= 11 is 0. The van der Waals surface area contributed by atoms with E-state index in [1.807, 2.05) is 0 Å². The minimum absolute atomic E-state index is 0.0536. The molecule has 0 radical (unpaired) electrons. The number of nitrogens with two attached hydrogens (primary N) is 1. The van der Waals surface area contributed by atoms with Crippen LogP contribution in [0.25, 0.3) is 0 Å². The van der Waals surface area contributed by atoms with Crippen LogP contribution >= 0.6 is 0 Å². The van der Waals surface area contributed by atoms with Crippen molar-refractivity contribution < 1.29 is 26.8 Å². The molecular weight excluding hydrogens is 340 g/mol. The number of carbonyl (C=O) groups excluding carboxylic acids is 2. The Balaban J connectivity index is 1.62. The average molecular weight is 362 g/mol. The lowest BCUT2D eigenvalue weighted by Gasteiger charge is -2.32. The van der Waals surface area contributed by atoms with Gasteiger partial charge in [-0.25, -0.2) is 4.79 Å². The molecule has 3 amide bonds. The molecule has 4 N–H and O–H groups in total. The smallest absolute Gasteiger partial charge is 0.352 e. The molecule has 0 spiro atoms. The van der Waals surface area contributed by atoms with E-state index in [0.29, 0.717) is 17.9 Å². The predicted molar refractivity (Wildman–Crippen MR) is 81.8 cm³/mol. The van der Waals surface area contributed by atoms with Crippen molar-refractivity contribution in [2.24, 2.45) is 5.73 Å². The van der Waals surface area contributed by atoms with Crippen LogP contribution in [0.4, 0.5) is 4.79 Å². The van der Waals surface area contributed by atoms with Gasteiger partial charge in [0.2, 0.25) is 5.91 Å². The molecule has 2 heterocycles. The van der Waals surface area contributed by atoms with Crippen molar-refractivity contribution in [2.45, 2.75) is 62.7 Å². The summed E-state index contributed by atoms with van der Waals surface area (Å²) in [5.41, 5.74) is 5.85. The van der Waals surface area contributed by atoms with Crippen LogP contribution in [-0.4, -0.2) is 65.6 Å². The molecule has 1 aliphatic carbocycles. The SMILES string of the molecule is NC1CCC(NC(=O)C2CCC3CN2C(=O)N3OS(=O)(=O)O)CC1. The first kappa shape index (κ1) is 17.4. The number of fused-ring (bicyclic) bond motifs is 2. The molecule has 1 saturated carbocycles. The molecule has 3 fully saturated rings. The van der Waals surface area contributed by atoms with Gasteiger partial charge in [-0.1, -0.05) is 0 Å². The van der Waals surface area contributed by atoms with Crippen LogP contribution in [0.5, 0.6) is 0 Å². The number of piperidine rings is 1. The number of nitrogens with one attached hydrogen (secondary N) is 1. The van der Waals surface area contributed by atoms with Crippen molar-refractivity contribution in [2.75, 3.05) is 6.54 Å². The first-order valence-electron chi connectivity index (χ1n) is 8.07. The fourth-order valence-electron chi connectivity index (χ4n) is 3.67. The maximum atomic E-state index is 12.5. The largest absolute Gasteiger partial charge is 0.418 e. The zero-order valence-electron chi connectivity index (χ0n) is 13.1. The van der Waals surface area contributed by atoms with E-state index in [2.05, 4.69) is 9.60 Å². The summed E-state index contributed by atoms with van der Waals surface area (Å²) in [4.78, 5) is 26.1. The fraction of sp³-hybridized carbons (Fsp3) is 0.846. The molecule has 0 aromatic rings. The molecule has 3 rings (SSSR count). The van der Waals surface area contributed by atoms with Crippen LogP contribution in [0.3, 0.4) is 0 Å². The van der Waals surface area contributed by atoms with E-state index in [1.54, 1.807) is 0 Å². The number of carbonyl (C=O) groups is 2. The molecule has 2 bridgehead atoms. The van der Waals surface area contributed by atoms with Gasteiger partial charge in [0, 0.05) is 18.6 Å². The normalized spacial score (nSPS) is 33.7. The van der Waals surface area contributed by atoms with Crippen LogP contribution in [0, 0.1) is 0 Å². The topological polar surface area (TPSA) is 142 Å². The van der Waals surface area contributed by atoms with E-state index in [9.17, 15) is 18.0 Å². The molecule has 2 saturated heterocycles. The van der Waals surface area contributed by atoms with E-state index in [4.69, 9.17) is 10.3 Å². The quantitative estimate of drug-likeness (QED) is 0.565. The van der Waals surface area contributed by atoms with Crippen molar-refractivity contribution in [1.82, 2.24) is 15.3 Å². The zero-order valence-corrected chi connectivity index (χ0v) is 13.9. The minimum atomic E-state index is -4.78. The van der Waals surface area contributed by atoms with E-state index in [0.717, 1.165) is 25.7 Å². The lowest BCUT2D eigenvalue weighted by Crippen LogP contribution is -2.52. The highest BCUT2D eigenvalue weighted by Gasteiger charge is 2.49. The third-order valence-electron chi connectivity index (χ3n) is 4.92. The number of hydrogen-bond donors (Lipinski definition) is 3. The Hall–Kier alpha value is -1.43. The van der Waals surface area contributed by atoms with Gasteiger partial charge >= 0.3 is 16.4 Å². The average Bonchev–Trinajstić information content (AvgIpc) is 2.73. The van der Waals surface area contributed by atoms with Crippen LogP contribution in [-0.2, 0) is 19.5 Å². The van der Waals surface area contributed by atoms with E-state index in [-0.39, 0.29) is 24.5 Å². The van der Waals surface area contributed by atoms with E-state index >= 15 is 0 Å². The van der Waals surface area contributed by atoms with Crippen molar-refractivity contribution in [3.63, 3.8) is 0 Å². The van der Waals surface area contributed by atoms with Crippen molar-refractivity contribution in [3.05, 3.63) is 0 Å². The number of amides is 3. The molecular formula is C13H22N4O6S. The molecule has 2 unspecified atom stereocenters. The molecule has 2 atom stereocenters. The Morgan fingerprint density at radius 3 is 2.50 bits per heavy atom. The maximum Gasteiger partial charge on any atom is 0.418 e. The number of nitrogens with zero attached hydrogens (tertiary/aromatic N) is 2. The molecule has 24 heavy (non-hydrogen) atoms. The summed E-state index contributed by atoms with van der Waals surface area (Å²) < 4.78 is 34.8. The van der Waals surface area contributed by atoms with Gasteiger partial charge in [-0.15, -0.1) is 4.28 Å². The zero-order chi connectivity index (χ0) is 17.5. The highest BCUT2D eigenvalue weighted by molar-refractivity contribution is 7.80. The standard InChI is InChI=1S/C13H22N4O6S/c14-8-1-3-9(4-2-8)15-12(18)11-6-5-10-7-16(11)13(19)17(10)23-24(20,21)22/h8-11H,1-7,14H2,(H,15,18)(H,20,21,22).